The molecule has 1 atom stereocenters. The molecule has 0 aromatic carbocycles. The number of nitrogens with zero attached hydrogens (tertiary/aromatic N) is 3. The Morgan fingerprint density at radius 1 is 1.56 bits per heavy atom. The van der Waals surface area contributed by atoms with Crippen LogP contribution in [0.3, 0.4) is 0 Å². The summed E-state index contributed by atoms with van der Waals surface area (Å²) in [5.41, 5.74) is 1.03. The first-order valence-electron chi connectivity index (χ1n) is 5.46. The molecule has 0 fully saturated rings. The van der Waals surface area contributed by atoms with Gasteiger partial charge in [-0.1, -0.05) is 12.1 Å². The van der Waals surface area contributed by atoms with Crippen LogP contribution < -0.4 is 5.32 Å². The number of hydrogen-bond acceptors (Lipinski definition) is 4. The molecule has 86 valence electrons. The second-order valence-corrected chi connectivity index (χ2v) is 3.62. The van der Waals surface area contributed by atoms with Gasteiger partial charge >= 0.3 is 0 Å². The third kappa shape index (κ3) is 1.99. The molecule has 0 aliphatic rings. The van der Waals surface area contributed by atoms with Gasteiger partial charge in [-0.3, -0.25) is 0 Å². The van der Waals surface area contributed by atoms with E-state index in [0.717, 1.165) is 24.4 Å². The Bertz CT molecular complexity index is 421. The normalized spacial score (nSPS) is 12.9. The van der Waals surface area contributed by atoms with Crippen molar-refractivity contribution in [3.63, 3.8) is 0 Å². The van der Waals surface area contributed by atoms with Crippen LogP contribution >= 0.6 is 0 Å². The minimum absolute atomic E-state index is 0.0107. The number of nitrogens with one attached hydrogen (secondary N) is 1. The van der Waals surface area contributed by atoms with Gasteiger partial charge in [0.2, 0.25) is 0 Å². The molecule has 0 saturated heterocycles. The first kappa shape index (κ1) is 10.9. The van der Waals surface area contributed by atoms with E-state index in [1.54, 1.807) is 12.5 Å². The zero-order valence-electron chi connectivity index (χ0n) is 9.55. The summed E-state index contributed by atoms with van der Waals surface area (Å²) in [5, 5.41) is 11.2. The van der Waals surface area contributed by atoms with Gasteiger partial charge in [0.25, 0.3) is 0 Å². The summed E-state index contributed by atoms with van der Waals surface area (Å²) in [5.74, 6) is 0.877. The van der Waals surface area contributed by atoms with Crippen molar-refractivity contribution in [2.24, 2.45) is 0 Å². The third-order valence-corrected chi connectivity index (χ3v) is 2.50. The second-order valence-electron chi connectivity index (χ2n) is 3.62. The number of aromatic nitrogens is 3. The van der Waals surface area contributed by atoms with Gasteiger partial charge in [-0.05, 0) is 25.6 Å². The maximum Gasteiger partial charge on any atom is 0.126 e. The van der Waals surface area contributed by atoms with Gasteiger partial charge in [0.05, 0.1) is 18.2 Å². The summed E-state index contributed by atoms with van der Waals surface area (Å²) in [4.78, 5) is 0. The van der Waals surface area contributed by atoms with Crippen LogP contribution in [0.15, 0.2) is 29.0 Å². The average molecular weight is 220 g/mol. The van der Waals surface area contributed by atoms with Gasteiger partial charge < -0.3 is 9.73 Å². The number of hydrogen-bond donors (Lipinski definition) is 1. The first-order valence-corrected chi connectivity index (χ1v) is 5.46. The van der Waals surface area contributed by atoms with Gasteiger partial charge in [-0.2, -0.15) is 0 Å². The van der Waals surface area contributed by atoms with E-state index < -0.39 is 0 Å². The second kappa shape index (κ2) is 4.94. The molecule has 2 rings (SSSR count). The summed E-state index contributed by atoms with van der Waals surface area (Å²) in [6.45, 7) is 2.99. The smallest absolute Gasteiger partial charge is 0.126 e. The molecule has 2 aromatic heterocycles. The van der Waals surface area contributed by atoms with Crippen molar-refractivity contribution >= 4 is 0 Å². The molecule has 0 amide bonds. The SMILES string of the molecule is CCCn1nncc1C(NC)c1ccco1. The molecule has 0 aliphatic heterocycles. The summed E-state index contributed by atoms with van der Waals surface area (Å²) in [7, 11) is 1.90. The van der Waals surface area contributed by atoms with Crippen LogP contribution in [0.25, 0.3) is 0 Å². The fourth-order valence-electron chi connectivity index (χ4n) is 1.77. The molecule has 2 heterocycles. The van der Waals surface area contributed by atoms with Crippen molar-refractivity contribution in [3.8, 4) is 0 Å². The Labute approximate surface area is 94.5 Å². The van der Waals surface area contributed by atoms with Crippen molar-refractivity contribution in [2.45, 2.75) is 25.9 Å². The Morgan fingerprint density at radius 2 is 2.44 bits per heavy atom. The molecule has 5 heteroatoms. The van der Waals surface area contributed by atoms with E-state index in [1.165, 1.54) is 0 Å². The van der Waals surface area contributed by atoms with Gasteiger partial charge in [0.15, 0.2) is 0 Å². The van der Waals surface area contributed by atoms with Gasteiger partial charge in [-0.15, -0.1) is 5.10 Å². The van der Waals surface area contributed by atoms with Crippen LogP contribution in [0.2, 0.25) is 0 Å². The lowest BCUT2D eigenvalue weighted by Gasteiger charge is -2.14. The van der Waals surface area contributed by atoms with E-state index in [9.17, 15) is 0 Å². The molecule has 0 bridgehead atoms. The minimum Gasteiger partial charge on any atom is -0.467 e. The van der Waals surface area contributed by atoms with Crippen LogP contribution in [-0.4, -0.2) is 22.0 Å². The standard InChI is InChI=1S/C11H16N4O/c1-3-6-15-9(8-13-14-15)11(12-2)10-5-4-7-16-10/h4-5,7-8,11-12H,3,6H2,1-2H3. The van der Waals surface area contributed by atoms with Crippen LogP contribution in [0, 0.1) is 0 Å². The van der Waals surface area contributed by atoms with Gasteiger partial charge in [-0.25, -0.2) is 4.68 Å². The van der Waals surface area contributed by atoms with E-state index >= 15 is 0 Å². The third-order valence-electron chi connectivity index (χ3n) is 2.50. The fraction of sp³-hybridized carbons (Fsp3) is 0.455. The summed E-state index contributed by atoms with van der Waals surface area (Å²) in [6.07, 6.45) is 4.48. The lowest BCUT2D eigenvalue weighted by atomic mass is 10.1. The lowest BCUT2D eigenvalue weighted by molar-refractivity contribution is 0.438. The van der Waals surface area contributed by atoms with E-state index in [-0.39, 0.29) is 6.04 Å². The maximum absolute atomic E-state index is 5.41. The highest BCUT2D eigenvalue weighted by Crippen LogP contribution is 2.21. The predicted molar refractivity (Wildman–Crippen MR) is 59.9 cm³/mol. The number of aryl methyl sites for hydroxylation is 1. The molecule has 1 unspecified atom stereocenters. The van der Waals surface area contributed by atoms with E-state index in [4.69, 9.17) is 4.42 Å². The molecule has 2 aromatic rings. The lowest BCUT2D eigenvalue weighted by Crippen LogP contribution is -2.21. The summed E-state index contributed by atoms with van der Waals surface area (Å²) < 4.78 is 7.32. The molecular formula is C11H16N4O. The number of furan rings is 1. The molecule has 1 N–H and O–H groups in total. The highest BCUT2D eigenvalue weighted by Gasteiger charge is 2.19. The Hall–Kier alpha value is -1.62. The molecule has 5 nitrogen and oxygen atoms in total. The zero-order valence-corrected chi connectivity index (χ0v) is 9.55. The molecule has 0 spiro atoms. The van der Waals surface area contributed by atoms with E-state index in [2.05, 4.69) is 22.6 Å². The number of rotatable bonds is 5. The highest BCUT2D eigenvalue weighted by molar-refractivity contribution is 5.17. The Kier molecular flexibility index (Phi) is 3.36. The summed E-state index contributed by atoms with van der Waals surface area (Å²) in [6, 6.07) is 3.84. The average Bonchev–Trinajstić information content (AvgIpc) is 2.92. The van der Waals surface area contributed by atoms with Gasteiger partial charge in [0.1, 0.15) is 11.8 Å². The van der Waals surface area contributed by atoms with Crippen LogP contribution in [0.4, 0.5) is 0 Å². The topological polar surface area (TPSA) is 55.9 Å². The first-order chi connectivity index (χ1) is 7.86. The largest absolute Gasteiger partial charge is 0.467 e. The van der Waals surface area contributed by atoms with Crippen molar-refractivity contribution < 1.29 is 4.42 Å². The van der Waals surface area contributed by atoms with E-state index in [0.29, 0.717) is 0 Å². The molecular weight excluding hydrogens is 204 g/mol. The molecule has 16 heavy (non-hydrogen) atoms. The zero-order chi connectivity index (χ0) is 11.4. The van der Waals surface area contributed by atoms with Gasteiger partial charge in [0, 0.05) is 6.54 Å². The van der Waals surface area contributed by atoms with Crippen molar-refractivity contribution in [3.05, 3.63) is 36.0 Å². The molecule has 0 saturated carbocycles. The molecule has 0 radical (unpaired) electrons. The highest BCUT2D eigenvalue weighted by atomic mass is 16.3. The quantitative estimate of drug-likeness (QED) is 0.831. The van der Waals surface area contributed by atoms with Crippen LogP contribution in [-0.2, 0) is 6.54 Å². The van der Waals surface area contributed by atoms with E-state index in [1.807, 2.05) is 23.9 Å². The van der Waals surface area contributed by atoms with Crippen molar-refractivity contribution in [1.29, 1.82) is 0 Å². The minimum atomic E-state index is 0.0107. The predicted octanol–water partition coefficient (Wildman–Crippen LogP) is 1.59. The Balaban J connectivity index is 2.30. The van der Waals surface area contributed by atoms with Crippen molar-refractivity contribution in [1.82, 2.24) is 20.3 Å². The summed E-state index contributed by atoms with van der Waals surface area (Å²) >= 11 is 0. The van der Waals surface area contributed by atoms with Crippen molar-refractivity contribution in [2.75, 3.05) is 7.05 Å². The maximum atomic E-state index is 5.41. The Morgan fingerprint density at radius 3 is 3.06 bits per heavy atom. The molecule has 0 aliphatic carbocycles. The van der Waals surface area contributed by atoms with Crippen LogP contribution in [0.1, 0.15) is 30.8 Å². The fourth-order valence-corrected chi connectivity index (χ4v) is 1.77. The van der Waals surface area contributed by atoms with Crippen LogP contribution in [0.5, 0.6) is 0 Å². The monoisotopic (exact) mass is 220 g/mol.